The zero-order valence-electron chi connectivity index (χ0n) is 11.1. The lowest BCUT2D eigenvalue weighted by Gasteiger charge is -2.12. The zero-order valence-corrected chi connectivity index (χ0v) is 11.9. The van der Waals surface area contributed by atoms with Gasteiger partial charge in [-0.15, -0.1) is 11.3 Å². The van der Waals surface area contributed by atoms with Gasteiger partial charge >= 0.3 is 5.97 Å². The van der Waals surface area contributed by atoms with Gasteiger partial charge in [-0.25, -0.2) is 4.79 Å². The summed E-state index contributed by atoms with van der Waals surface area (Å²) in [5.74, 6) is -0.318. The van der Waals surface area contributed by atoms with Gasteiger partial charge in [0.05, 0.1) is 25.9 Å². The first-order valence-corrected chi connectivity index (χ1v) is 7.24. The molecule has 0 amide bonds. The lowest BCUT2D eigenvalue weighted by molar-refractivity contribution is -0.137. The molecule has 0 N–H and O–H groups in total. The molecule has 2 rings (SSSR count). The van der Waals surface area contributed by atoms with E-state index in [4.69, 9.17) is 14.2 Å². The van der Waals surface area contributed by atoms with Crippen LogP contribution in [0.25, 0.3) is 6.08 Å². The van der Waals surface area contributed by atoms with E-state index in [0.29, 0.717) is 13.2 Å². The van der Waals surface area contributed by atoms with Crippen LogP contribution in [0, 0.1) is 0 Å². The fraction of sp³-hybridized carbons (Fsp3) is 0.500. The van der Waals surface area contributed by atoms with Crippen molar-refractivity contribution in [1.82, 2.24) is 0 Å². The van der Waals surface area contributed by atoms with Gasteiger partial charge < -0.3 is 14.2 Å². The van der Waals surface area contributed by atoms with Crippen molar-refractivity contribution in [3.63, 3.8) is 0 Å². The second-order valence-corrected chi connectivity index (χ2v) is 5.20. The first-order valence-electron chi connectivity index (χ1n) is 6.36. The molecular formula is C14H18O4S. The van der Waals surface area contributed by atoms with Crippen LogP contribution in [0.4, 0.5) is 0 Å². The van der Waals surface area contributed by atoms with E-state index in [1.54, 1.807) is 24.3 Å². The van der Waals surface area contributed by atoms with Crippen molar-refractivity contribution in [3.05, 3.63) is 28.0 Å². The molecule has 1 fully saturated rings. The molecule has 1 aromatic heterocycles. The van der Waals surface area contributed by atoms with Crippen LogP contribution in [0.2, 0.25) is 0 Å². The highest BCUT2D eigenvalue weighted by atomic mass is 32.1. The van der Waals surface area contributed by atoms with Gasteiger partial charge in [-0.05, 0) is 36.9 Å². The number of epoxide rings is 1. The van der Waals surface area contributed by atoms with Crippen LogP contribution in [0.5, 0.6) is 0 Å². The standard InChI is InChI=1S/C14H18O4S/c1-3-16-14(15)5-4-13-12(6-7-19-13)10(2)17-8-11-9-18-11/h4-7,10-11H,3,8-9H2,1-2H3/b5-4+/t10?,11-/m0/s1. The third-order valence-electron chi connectivity index (χ3n) is 2.76. The molecule has 19 heavy (non-hydrogen) atoms. The van der Waals surface area contributed by atoms with Gasteiger partial charge in [0, 0.05) is 11.0 Å². The Labute approximate surface area is 117 Å². The van der Waals surface area contributed by atoms with E-state index in [9.17, 15) is 4.79 Å². The quantitative estimate of drug-likeness (QED) is 0.438. The van der Waals surface area contributed by atoms with Crippen LogP contribution >= 0.6 is 11.3 Å². The molecule has 0 bridgehead atoms. The first kappa shape index (κ1) is 14.2. The van der Waals surface area contributed by atoms with Crippen molar-refractivity contribution in [2.45, 2.75) is 26.1 Å². The molecule has 1 unspecified atom stereocenters. The topological polar surface area (TPSA) is 48.1 Å². The Morgan fingerprint density at radius 3 is 3.16 bits per heavy atom. The Kier molecular flexibility index (Phi) is 5.13. The lowest BCUT2D eigenvalue weighted by Crippen LogP contribution is -2.06. The summed E-state index contributed by atoms with van der Waals surface area (Å²) in [6.45, 7) is 5.61. The van der Waals surface area contributed by atoms with E-state index in [-0.39, 0.29) is 18.2 Å². The van der Waals surface area contributed by atoms with Crippen LogP contribution in [-0.2, 0) is 19.0 Å². The first-order chi connectivity index (χ1) is 9.20. The zero-order chi connectivity index (χ0) is 13.7. The molecule has 4 nitrogen and oxygen atoms in total. The van der Waals surface area contributed by atoms with Gasteiger partial charge in [0.1, 0.15) is 6.10 Å². The Hall–Kier alpha value is -1.17. The Bertz CT molecular complexity index is 448. The summed E-state index contributed by atoms with van der Waals surface area (Å²) >= 11 is 1.58. The van der Waals surface area contributed by atoms with E-state index < -0.39 is 0 Å². The molecule has 1 aliphatic rings. The van der Waals surface area contributed by atoms with Crippen LogP contribution < -0.4 is 0 Å². The van der Waals surface area contributed by atoms with Gasteiger partial charge in [0.25, 0.3) is 0 Å². The molecule has 0 spiro atoms. The van der Waals surface area contributed by atoms with Gasteiger partial charge in [-0.3, -0.25) is 0 Å². The summed E-state index contributed by atoms with van der Waals surface area (Å²) in [5, 5.41) is 1.99. The monoisotopic (exact) mass is 282 g/mol. The molecule has 2 heterocycles. The highest BCUT2D eigenvalue weighted by Crippen LogP contribution is 2.28. The number of hydrogen-bond acceptors (Lipinski definition) is 5. The average Bonchev–Trinajstić information content (AvgIpc) is 3.10. The maximum atomic E-state index is 11.3. The van der Waals surface area contributed by atoms with E-state index in [1.807, 2.05) is 18.4 Å². The molecule has 1 aliphatic heterocycles. The van der Waals surface area contributed by atoms with Crippen LogP contribution in [-0.4, -0.2) is 31.9 Å². The van der Waals surface area contributed by atoms with Crippen molar-refractivity contribution in [1.29, 1.82) is 0 Å². The van der Waals surface area contributed by atoms with Crippen molar-refractivity contribution >= 4 is 23.4 Å². The predicted octanol–water partition coefficient (Wildman–Crippen LogP) is 2.80. The van der Waals surface area contributed by atoms with Crippen molar-refractivity contribution < 1.29 is 19.0 Å². The number of thiophene rings is 1. The average molecular weight is 282 g/mol. The fourth-order valence-electron chi connectivity index (χ4n) is 1.64. The van der Waals surface area contributed by atoms with E-state index in [1.165, 1.54) is 6.08 Å². The van der Waals surface area contributed by atoms with E-state index in [2.05, 4.69) is 0 Å². The summed E-state index contributed by atoms with van der Waals surface area (Å²) in [7, 11) is 0. The maximum Gasteiger partial charge on any atom is 0.330 e. The van der Waals surface area contributed by atoms with Gasteiger partial charge in [-0.2, -0.15) is 0 Å². The fourth-order valence-corrected chi connectivity index (χ4v) is 2.52. The summed E-state index contributed by atoms with van der Waals surface area (Å²) in [6.07, 6.45) is 3.50. The van der Waals surface area contributed by atoms with E-state index >= 15 is 0 Å². The summed E-state index contributed by atoms with van der Waals surface area (Å²) < 4.78 is 15.7. The smallest absolute Gasteiger partial charge is 0.330 e. The third kappa shape index (κ3) is 4.45. The molecule has 104 valence electrons. The van der Waals surface area contributed by atoms with Crippen molar-refractivity contribution in [2.24, 2.45) is 0 Å². The Morgan fingerprint density at radius 1 is 1.68 bits per heavy atom. The normalized spacial score (nSPS) is 19.6. The number of hydrogen-bond donors (Lipinski definition) is 0. The minimum Gasteiger partial charge on any atom is -0.463 e. The lowest BCUT2D eigenvalue weighted by atomic mass is 10.1. The number of ether oxygens (including phenoxy) is 3. The molecule has 1 aromatic rings. The highest BCUT2D eigenvalue weighted by Gasteiger charge is 2.24. The highest BCUT2D eigenvalue weighted by molar-refractivity contribution is 7.11. The van der Waals surface area contributed by atoms with Crippen LogP contribution in [0.15, 0.2) is 17.5 Å². The Balaban J connectivity index is 1.93. The number of esters is 1. The SMILES string of the molecule is CCOC(=O)/C=C/c1sccc1C(C)OC[C@H]1CO1. The molecule has 0 radical (unpaired) electrons. The minimum atomic E-state index is -0.318. The number of carbonyl (C=O) groups is 1. The van der Waals surface area contributed by atoms with Crippen molar-refractivity contribution in [3.8, 4) is 0 Å². The summed E-state index contributed by atoms with van der Waals surface area (Å²) in [5.41, 5.74) is 1.09. The molecule has 0 aliphatic carbocycles. The summed E-state index contributed by atoms with van der Waals surface area (Å²) in [4.78, 5) is 12.3. The second-order valence-electron chi connectivity index (χ2n) is 4.26. The predicted molar refractivity (Wildman–Crippen MR) is 74.1 cm³/mol. The van der Waals surface area contributed by atoms with E-state index in [0.717, 1.165) is 17.0 Å². The molecule has 0 aromatic carbocycles. The van der Waals surface area contributed by atoms with Gasteiger partial charge in [0.15, 0.2) is 0 Å². The second kappa shape index (κ2) is 6.84. The van der Waals surface area contributed by atoms with Gasteiger partial charge in [-0.1, -0.05) is 0 Å². The Morgan fingerprint density at radius 2 is 2.47 bits per heavy atom. The largest absolute Gasteiger partial charge is 0.463 e. The molecule has 5 heteroatoms. The molecule has 0 saturated carbocycles. The summed E-state index contributed by atoms with van der Waals surface area (Å²) in [6, 6.07) is 2.02. The van der Waals surface area contributed by atoms with Gasteiger partial charge in [0.2, 0.25) is 0 Å². The third-order valence-corrected chi connectivity index (χ3v) is 3.65. The van der Waals surface area contributed by atoms with Crippen LogP contribution in [0.1, 0.15) is 30.4 Å². The van der Waals surface area contributed by atoms with Crippen LogP contribution in [0.3, 0.4) is 0 Å². The maximum absolute atomic E-state index is 11.3. The molecular weight excluding hydrogens is 264 g/mol. The molecule has 1 saturated heterocycles. The number of carbonyl (C=O) groups excluding carboxylic acids is 1. The molecule has 2 atom stereocenters. The van der Waals surface area contributed by atoms with Crippen molar-refractivity contribution in [2.75, 3.05) is 19.8 Å². The number of rotatable bonds is 7. The minimum absolute atomic E-state index is 0.00250.